The summed E-state index contributed by atoms with van der Waals surface area (Å²) in [5.74, 6) is 0.748. The van der Waals surface area contributed by atoms with Gasteiger partial charge in [-0.05, 0) is 41.3 Å². The molecule has 5 rings (SSSR count). The van der Waals surface area contributed by atoms with Crippen molar-refractivity contribution in [2.45, 2.75) is 6.42 Å². The third kappa shape index (κ3) is 1.72. The zero-order valence-corrected chi connectivity index (χ0v) is 13.1. The summed E-state index contributed by atoms with van der Waals surface area (Å²) in [5, 5.41) is 3.24. The highest BCUT2D eigenvalue weighted by molar-refractivity contribution is 6.12. The molecule has 5 heteroatoms. The predicted molar refractivity (Wildman–Crippen MR) is 94.0 cm³/mol. The van der Waals surface area contributed by atoms with Crippen molar-refractivity contribution in [2.75, 3.05) is 12.8 Å². The van der Waals surface area contributed by atoms with Gasteiger partial charge in [0.2, 0.25) is 0 Å². The van der Waals surface area contributed by atoms with E-state index in [0.29, 0.717) is 0 Å². The fourth-order valence-electron chi connectivity index (χ4n) is 3.48. The molecule has 0 bridgehead atoms. The first-order valence-electron chi connectivity index (χ1n) is 7.75. The Morgan fingerprint density at radius 2 is 1.96 bits per heavy atom. The molecular weight excluding hydrogens is 300 g/mol. The second-order valence-corrected chi connectivity index (χ2v) is 5.98. The summed E-state index contributed by atoms with van der Waals surface area (Å²) in [5.41, 5.74) is 11.5. The number of rotatable bonds is 1. The van der Waals surface area contributed by atoms with Gasteiger partial charge in [-0.15, -0.1) is 0 Å². The molecule has 0 radical (unpaired) electrons. The van der Waals surface area contributed by atoms with Gasteiger partial charge in [-0.3, -0.25) is 15.0 Å². The number of aromatic nitrogens is 3. The van der Waals surface area contributed by atoms with Crippen molar-refractivity contribution in [1.82, 2.24) is 15.0 Å². The Balaban J connectivity index is 1.92. The maximum atomic E-state index is 5.98. The third-order valence-electron chi connectivity index (χ3n) is 4.57. The Bertz CT molecular complexity index is 1140. The number of hydrogen-bond donors (Lipinski definition) is 1. The minimum Gasteiger partial charge on any atom is -0.495 e. The molecule has 24 heavy (non-hydrogen) atoms. The molecule has 5 nitrogen and oxygen atoms in total. The van der Waals surface area contributed by atoms with Gasteiger partial charge in [0.25, 0.3) is 0 Å². The van der Waals surface area contributed by atoms with Crippen LogP contribution in [0.4, 0.5) is 5.69 Å². The molecule has 3 heterocycles. The number of nitrogens with zero attached hydrogens (tertiary/aromatic N) is 3. The lowest BCUT2D eigenvalue weighted by Crippen LogP contribution is -2.07. The number of benzene rings is 1. The van der Waals surface area contributed by atoms with E-state index in [0.717, 1.165) is 62.2 Å². The summed E-state index contributed by atoms with van der Waals surface area (Å²) in [6.45, 7) is 0. The maximum Gasteiger partial charge on any atom is 0.137 e. The van der Waals surface area contributed by atoms with E-state index >= 15 is 0 Å². The Labute approximate surface area is 138 Å². The minimum atomic E-state index is 0.717. The van der Waals surface area contributed by atoms with Crippen LogP contribution < -0.4 is 10.5 Å². The largest absolute Gasteiger partial charge is 0.495 e. The van der Waals surface area contributed by atoms with E-state index in [9.17, 15) is 0 Å². The van der Waals surface area contributed by atoms with Crippen LogP contribution >= 0.6 is 0 Å². The lowest BCUT2D eigenvalue weighted by Gasteiger charge is -2.20. The van der Waals surface area contributed by atoms with Crippen LogP contribution in [0.2, 0.25) is 0 Å². The smallest absolute Gasteiger partial charge is 0.137 e. The molecule has 0 spiro atoms. The number of nitrogens with two attached hydrogens (primary N) is 1. The summed E-state index contributed by atoms with van der Waals surface area (Å²) >= 11 is 0. The van der Waals surface area contributed by atoms with Crippen molar-refractivity contribution in [2.24, 2.45) is 0 Å². The number of pyridine rings is 3. The van der Waals surface area contributed by atoms with Gasteiger partial charge in [0, 0.05) is 29.1 Å². The average molecular weight is 314 g/mol. The van der Waals surface area contributed by atoms with E-state index < -0.39 is 0 Å². The van der Waals surface area contributed by atoms with Crippen LogP contribution in [0.25, 0.3) is 33.1 Å². The fourth-order valence-corrected chi connectivity index (χ4v) is 3.48. The van der Waals surface area contributed by atoms with Gasteiger partial charge >= 0.3 is 0 Å². The molecule has 0 atom stereocenters. The first kappa shape index (κ1) is 13.2. The van der Waals surface area contributed by atoms with Gasteiger partial charge < -0.3 is 10.5 Å². The van der Waals surface area contributed by atoms with Crippen LogP contribution in [0, 0.1) is 0 Å². The zero-order valence-electron chi connectivity index (χ0n) is 13.1. The number of anilines is 1. The molecule has 4 aromatic rings. The lowest BCUT2D eigenvalue weighted by molar-refractivity contribution is 0.412. The Morgan fingerprint density at radius 3 is 2.83 bits per heavy atom. The molecular formula is C19H14N4O. The van der Waals surface area contributed by atoms with Crippen LogP contribution in [-0.4, -0.2) is 22.1 Å². The predicted octanol–water partition coefficient (Wildman–Crippen LogP) is 3.34. The molecule has 0 saturated carbocycles. The third-order valence-corrected chi connectivity index (χ3v) is 4.57. The van der Waals surface area contributed by atoms with Gasteiger partial charge in [0.15, 0.2) is 0 Å². The van der Waals surface area contributed by atoms with Crippen LogP contribution in [0.15, 0.2) is 42.7 Å². The zero-order chi connectivity index (χ0) is 16.3. The van der Waals surface area contributed by atoms with E-state index in [1.165, 1.54) is 0 Å². The molecule has 0 saturated heterocycles. The molecule has 1 aliphatic rings. The topological polar surface area (TPSA) is 73.9 Å². The molecule has 1 aromatic carbocycles. The molecule has 0 aliphatic heterocycles. The van der Waals surface area contributed by atoms with Crippen molar-refractivity contribution >= 4 is 27.4 Å². The van der Waals surface area contributed by atoms with E-state index in [-0.39, 0.29) is 0 Å². The first-order chi connectivity index (χ1) is 11.7. The standard InChI is InChI=1S/C19H14N4O/c1-24-12-6-10-7-16-17-13(4-5-21-19(17)18(10)22-9-12)14-8-11(20)2-3-15(14)23-16/h2-6,8-9H,7,20H2,1H3. The van der Waals surface area contributed by atoms with Gasteiger partial charge in [-0.25, -0.2) is 0 Å². The normalized spacial score (nSPS) is 12.4. The first-order valence-corrected chi connectivity index (χ1v) is 7.75. The number of fused-ring (bicyclic) bond motifs is 4. The molecule has 0 fully saturated rings. The van der Waals surface area contributed by atoms with Crippen molar-refractivity contribution in [1.29, 1.82) is 0 Å². The molecule has 1 aliphatic carbocycles. The Kier molecular flexibility index (Phi) is 2.56. The summed E-state index contributed by atoms with van der Waals surface area (Å²) in [4.78, 5) is 14.0. The van der Waals surface area contributed by atoms with Crippen LogP contribution in [0.1, 0.15) is 11.3 Å². The Hall–Kier alpha value is -3.21. The lowest BCUT2D eigenvalue weighted by atomic mass is 9.91. The van der Waals surface area contributed by atoms with E-state index in [4.69, 9.17) is 15.5 Å². The highest BCUT2D eigenvalue weighted by atomic mass is 16.5. The average Bonchev–Trinajstić information content (AvgIpc) is 2.62. The molecule has 116 valence electrons. The number of nitrogen functional groups attached to an aromatic ring is 1. The summed E-state index contributed by atoms with van der Waals surface area (Å²) in [6, 6.07) is 9.88. The second kappa shape index (κ2) is 4.64. The van der Waals surface area contributed by atoms with E-state index in [1.54, 1.807) is 13.3 Å². The highest BCUT2D eigenvalue weighted by Gasteiger charge is 2.23. The van der Waals surface area contributed by atoms with Gasteiger partial charge in [-0.2, -0.15) is 0 Å². The number of ether oxygens (including phenoxy) is 1. The minimum absolute atomic E-state index is 0.717. The van der Waals surface area contributed by atoms with Gasteiger partial charge in [0.05, 0.1) is 35.9 Å². The van der Waals surface area contributed by atoms with Gasteiger partial charge in [0.1, 0.15) is 5.75 Å². The SMILES string of the molecule is COc1cnc2c(c1)Cc1nc3ccc(N)cc3c3ccnc-2c13. The summed E-state index contributed by atoms with van der Waals surface area (Å²) < 4.78 is 5.31. The van der Waals surface area contributed by atoms with Crippen molar-refractivity contribution in [3.8, 4) is 17.1 Å². The quantitative estimate of drug-likeness (QED) is 0.379. The monoisotopic (exact) mass is 314 g/mol. The van der Waals surface area contributed by atoms with Crippen molar-refractivity contribution in [3.63, 3.8) is 0 Å². The highest BCUT2D eigenvalue weighted by Crippen LogP contribution is 2.39. The number of hydrogen-bond acceptors (Lipinski definition) is 5. The van der Waals surface area contributed by atoms with Crippen LogP contribution in [0.5, 0.6) is 5.75 Å². The molecule has 0 unspecified atom stereocenters. The summed E-state index contributed by atoms with van der Waals surface area (Å²) in [7, 11) is 1.65. The summed E-state index contributed by atoms with van der Waals surface area (Å²) in [6.07, 6.45) is 4.27. The van der Waals surface area contributed by atoms with Gasteiger partial charge in [-0.1, -0.05) is 0 Å². The Morgan fingerprint density at radius 1 is 1.04 bits per heavy atom. The number of methoxy groups -OCH3 is 1. The van der Waals surface area contributed by atoms with Crippen molar-refractivity contribution < 1.29 is 4.74 Å². The molecule has 0 amide bonds. The van der Waals surface area contributed by atoms with E-state index in [1.807, 2.05) is 36.5 Å². The maximum absolute atomic E-state index is 5.98. The van der Waals surface area contributed by atoms with Crippen LogP contribution in [0.3, 0.4) is 0 Å². The van der Waals surface area contributed by atoms with Crippen LogP contribution in [-0.2, 0) is 6.42 Å². The van der Waals surface area contributed by atoms with E-state index in [2.05, 4.69) is 9.97 Å². The van der Waals surface area contributed by atoms with Crippen molar-refractivity contribution in [3.05, 3.63) is 54.0 Å². The fraction of sp³-hybridized carbons (Fsp3) is 0.105. The molecule has 2 N–H and O–H groups in total. The molecule has 3 aromatic heterocycles. The second-order valence-electron chi connectivity index (χ2n) is 5.98.